The lowest BCUT2D eigenvalue weighted by Crippen LogP contribution is -1.80. The van der Waals surface area contributed by atoms with Gasteiger partial charge in [0.25, 0.3) is 0 Å². The number of hydrogen-bond acceptors (Lipinski definition) is 0. The number of hydrogen-bond donors (Lipinski definition) is 0. The lowest BCUT2D eigenvalue weighted by atomic mass is 10.1. The largest absolute Gasteiger partial charge is 0.0856 e. The van der Waals surface area contributed by atoms with Gasteiger partial charge in [-0.05, 0) is 59.8 Å². The van der Waals surface area contributed by atoms with E-state index in [2.05, 4.69) is 52.8 Å². The molecule has 0 heterocycles. The molecule has 0 amide bonds. The second kappa shape index (κ2) is 10.4. The van der Waals surface area contributed by atoms with Gasteiger partial charge in [0.05, 0.1) is 0 Å². The Hall–Kier alpha value is -0.780. The molecule has 0 saturated heterocycles. The van der Waals surface area contributed by atoms with E-state index in [0.29, 0.717) is 0 Å². The summed E-state index contributed by atoms with van der Waals surface area (Å²) in [5, 5.41) is 0. The Morgan fingerprint density at radius 1 is 0.706 bits per heavy atom. The van der Waals surface area contributed by atoms with Crippen molar-refractivity contribution in [1.29, 1.82) is 0 Å². The number of rotatable bonds is 8. The van der Waals surface area contributed by atoms with E-state index in [4.69, 9.17) is 0 Å². The van der Waals surface area contributed by atoms with E-state index in [-0.39, 0.29) is 0 Å². The van der Waals surface area contributed by atoms with Crippen molar-refractivity contribution in [3.63, 3.8) is 0 Å². The Morgan fingerprint density at radius 3 is 1.65 bits per heavy atom. The summed E-state index contributed by atoms with van der Waals surface area (Å²) in [5.74, 6) is 0. The molecular weight excluding hydrogens is 204 g/mol. The minimum Gasteiger partial charge on any atom is -0.0856 e. The monoisotopic (exact) mass is 234 g/mol. The third-order valence-corrected chi connectivity index (χ3v) is 2.90. The topological polar surface area (TPSA) is 0 Å². The Bertz CT molecular complexity index is 272. The summed E-state index contributed by atoms with van der Waals surface area (Å²) >= 11 is 0. The van der Waals surface area contributed by atoms with Crippen LogP contribution in [0.5, 0.6) is 0 Å². The van der Waals surface area contributed by atoms with Gasteiger partial charge in [0.1, 0.15) is 0 Å². The molecule has 0 aliphatic carbocycles. The molecule has 0 atom stereocenters. The Kier molecular flexibility index (Phi) is 9.90. The minimum atomic E-state index is 1.19. The van der Waals surface area contributed by atoms with Crippen LogP contribution in [0.25, 0.3) is 0 Å². The summed E-state index contributed by atoms with van der Waals surface area (Å²) in [5.41, 5.74) is 4.50. The van der Waals surface area contributed by atoms with Crippen LogP contribution in [-0.4, -0.2) is 0 Å². The van der Waals surface area contributed by atoms with Crippen molar-refractivity contribution in [2.24, 2.45) is 0 Å². The summed E-state index contributed by atoms with van der Waals surface area (Å²) < 4.78 is 0. The van der Waals surface area contributed by atoms with Gasteiger partial charge in [0, 0.05) is 0 Å². The zero-order valence-corrected chi connectivity index (χ0v) is 12.5. The Morgan fingerprint density at radius 2 is 1.18 bits per heavy atom. The van der Waals surface area contributed by atoms with Gasteiger partial charge >= 0.3 is 0 Å². The fraction of sp³-hybridized carbons (Fsp3) is 0.647. The fourth-order valence-corrected chi connectivity index (χ4v) is 1.73. The zero-order valence-electron chi connectivity index (χ0n) is 12.5. The first-order chi connectivity index (χ1) is 8.06. The standard InChI is InChI=1S/C17H30/c1-6-7-11-16(4)13-9-14-17(5)12-8-10-15(2)3/h10-11,14H,6-9,12-13H2,1-5H3. The normalized spacial score (nSPS) is 12.8. The zero-order chi connectivity index (χ0) is 13.1. The highest BCUT2D eigenvalue weighted by Gasteiger charge is 1.91. The molecule has 0 aromatic carbocycles. The van der Waals surface area contributed by atoms with Crippen LogP contribution < -0.4 is 0 Å². The summed E-state index contributed by atoms with van der Waals surface area (Å²) in [6.07, 6.45) is 14.4. The quantitative estimate of drug-likeness (QED) is 0.438. The van der Waals surface area contributed by atoms with E-state index < -0.39 is 0 Å². The second-order valence-corrected chi connectivity index (χ2v) is 5.25. The summed E-state index contributed by atoms with van der Waals surface area (Å²) in [6.45, 7) is 11.1. The molecule has 0 fully saturated rings. The van der Waals surface area contributed by atoms with Crippen LogP contribution in [0, 0.1) is 0 Å². The van der Waals surface area contributed by atoms with E-state index in [1.165, 1.54) is 49.7 Å². The average Bonchev–Trinajstić information content (AvgIpc) is 2.25. The number of unbranched alkanes of at least 4 members (excludes halogenated alkanes) is 1. The molecule has 0 spiro atoms. The van der Waals surface area contributed by atoms with Crippen LogP contribution in [0.1, 0.15) is 73.1 Å². The van der Waals surface area contributed by atoms with Gasteiger partial charge in [-0.3, -0.25) is 0 Å². The summed E-state index contributed by atoms with van der Waals surface area (Å²) in [7, 11) is 0. The van der Waals surface area contributed by atoms with Crippen molar-refractivity contribution in [2.45, 2.75) is 73.1 Å². The van der Waals surface area contributed by atoms with Crippen LogP contribution in [0.4, 0.5) is 0 Å². The molecule has 17 heavy (non-hydrogen) atoms. The van der Waals surface area contributed by atoms with Crippen molar-refractivity contribution in [3.8, 4) is 0 Å². The molecule has 0 bridgehead atoms. The molecule has 0 aliphatic rings. The maximum atomic E-state index is 2.40. The van der Waals surface area contributed by atoms with E-state index in [1.807, 2.05) is 0 Å². The molecule has 0 aromatic rings. The van der Waals surface area contributed by atoms with Crippen molar-refractivity contribution < 1.29 is 0 Å². The third kappa shape index (κ3) is 11.5. The molecule has 0 unspecified atom stereocenters. The van der Waals surface area contributed by atoms with Gasteiger partial charge in [0.15, 0.2) is 0 Å². The highest BCUT2D eigenvalue weighted by atomic mass is 14.0. The first kappa shape index (κ1) is 16.2. The fourth-order valence-electron chi connectivity index (χ4n) is 1.73. The maximum Gasteiger partial charge on any atom is -0.0288 e. The van der Waals surface area contributed by atoms with Gasteiger partial charge in [-0.2, -0.15) is 0 Å². The van der Waals surface area contributed by atoms with Gasteiger partial charge in [0.2, 0.25) is 0 Å². The number of allylic oxidation sites excluding steroid dienone is 6. The van der Waals surface area contributed by atoms with Crippen molar-refractivity contribution in [2.75, 3.05) is 0 Å². The van der Waals surface area contributed by atoms with E-state index in [1.54, 1.807) is 5.57 Å². The third-order valence-electron chi connectivity index (χ3n) is 2.90. The highest BCUT2D eigenvalue weighted by Crippen LogP contribution is 2.11. The molecule has 0 saturated carbocycles. The molecule has 98 valence electrons. The summed E-state index contributed by atoms with van der Waals surface area (Å²) in [6, 6.07) is 0. The van der Waals surface area contributed by atoms with Crippen LogP contribution in [0.3, 0.4) is 0 Å². The first-order valence-corrected chi connectivity index (χ1v) is 7.00. The highest BCUT2D eigenvalue weighted by molar-refractivity contribution is 5.05. The van der Waals surface area contributed by atoms with Crippen LogP contribution in [0.15, 0.2) is 34.9 Å². The van der Waals surface area contributed by atoms with Gasteiger partial charge in [-0.15, -0.1) is 0 Å². The van der Waals surface area contributed by atoms with E-state index in [0.717, 1.165) is 0 Å². The van der Waals surface area contributed by atoms with Crippen LogP contribution in [-0.2, 0) is 0 Å². The molecule has 0 aromatic heterocycles. The van der Waals surface area contributed by atoms with Gasteiger partial charge in [-0.1, -0.05) is 48.3 Å². The predicted molar refractivity (Wildman–Crippen MR) is 80.3 cm³/mol. The smallest absolute Gasteiger partial charge is 0.0288 e. The molecule has 0 rings (SSSR count). The molecule has 0 heteroatoms. The Labute approximate surface area is 109 Å². The van der Waals surface area contributed by atoms with Crippen molar-refractivity contribution >= 4 is 0 Å². The van der Waals surface area contributed by atoms with E-state index in [9.17, 15) is 0 Å². The lowest BCUT2D eigenvalue weighted by molar-refractivity contribution is 0.894. The van der Waals surface area contributed by atoms with Crippen LogP contribution >= 0.6 is 0 Å². The molecule has 0 nitrogen and oxygen atoms in total. The van der Waals surface area contributed by atoms with Gasteiger partial charge in [-0.25, -0.2) is 0 Å². The summed E-state index contributed by atoms with van der Waals surface area (Å²) in [4.78, 5) is 0. The molecule has 0 aliphatic heterocycles. The van der Waals surface area contributed by atoms with E-state index >= 15 is 0 Å². The molecule has 0 N–H and O–H groups in total. The second-order valence-electron chi connectivity index (χ2n) is 5.25. The van der Waals surface area contributed by atoms with Crippen LogP contribution in [0.2, 0.25) is 0 Å². The molecule has 0 radical (unpaired) electrons. The lowest BCUT2D eigenvalue weighted by Gasteiger charge is -2.01. The first-order valence-electron chi connectivity index (χ1n) is 7.00. The minimum absolute atomic E-state index is 1.19. The molecular formula is C17H30. The maximum absolute atomic E-state index is 2.40. The predicted octanol–water partition coefficient (Wildman–Crippen LogP) is 6.21. The average molecular weight is 234 g/mol. The van der Waals surface area contributed by atoms with Gasteiger partial charge < -0.3 is 0 Å². The Balaban J connectivity index is 3.80. The van der Waals surface area contributed by atoms with Crippen molar-refractivity contribution in [1.82, 2.24) is 0 Å². The van der Waals surface area contributed by atoms with Crippen molar-refractivity contribution in [3.05, 3.63) is 34.9 Å². The SMILES string of the molecule is CCCC=C(C)CCC=C(C)CCC=C(C)C.